The van der Waals surface area contributed by atoms with Gasteiger partial charge in [-0.15, -0.1) is 0 Å². The number of aromatic amines is 1. The van der Waals surface area contributed by atoms with Crippen molar-refractivity contribution in [1.82, 2.24) is 14.9 Å². The van der Waals surface area contributed by atoms with Crippen LogP contribution in [0.4, 0.5) is 11.5 Å². The number of furan rings is 1. The predicted octanol–water partition coefficient (Wildman–Crippen LogP) is 5.72. The summed E-state index contributed by atoms with van der Waals surface area (Å²) in [6, 6.07) is 21.1. The molecule has 0 aliphatic carbocycles. The molecule has 37 heavy (non-hydrogen) atoms. The first-order valence-electron chi connectivity index (χ1n) is 11.8. The van der Waals surface area contributed by atoms with Gasteiger partial charge in [0.25, 0.3) is 0 Å². The Hall–Kier alpha value is -4.69. The molecule has 186 valence electrons. The number of carbonyl (C=O) groups is 1. The predicted molar refractivity (Wildman–Crippen MR) is 145 cm³/mol. The summed E-state index contributed by atoms with van der Waals surface area (Å²) in [5.74, 6) is 0.877. The zero-order valence-electron chi connectivity index (χ0n) is 20.8. The van der Waals surface area contributed by atoms with Gasteiger partial charge in [0.05, 0.1) is 17.5 Å². The average Bonchev–Trinajstić information content (AvgIpc) is 3.51. The molecule has 0 saturated carbocycles. The quantitative estimate of drug-likeness (QED) is 0.252. The van der Waals surface area contributed by atoms with Crippen LogP contribution in [0.25, 0.3) is 22.0 Å². The van der Waals surface area contributed by atoms with Crippen LogP contribution in [0.15, 0.2) is 88.6 Å². The molecule has 8 heteroatoms. The van der Waals surface area contributed by atoms with Crippen molar-refractivity contribution in [2.24, 2.45) is 4.99 Å². The van der Waals surface area contributed by atoms with E-state index in [0.29, 0.717) is 22.9 Å². The Kier molecular flexibility index (Phi) is 6.57. The van der Waals surface area contributed by atoms with Gasteiger partial charge in [0.1, 0.15) is 11.5 Å². The first-order chi connectivity index (χ1) is 17.9. The minimum atomic E-state index is -0.172. The molecule has 0 saturated heterocycles. The third-order valence-corrected chi connectivity index (χ3v) is 5.85. The summed E-state index contributed by atoms with van der Waals surface area (Å²) in [6.45, 7) is 2.28. The summed E-state index contributed by atoms with van der Waals surface area (Å²) in [5.41, 5.74) is 5.57. The summed E-state index contributed by atoms with van der Waals surface area (Å²) in [5, 5.41) is 14.4. The number of aliphatic imine (C=N–C) groups is 1. The smallest absolute Gasteiger partial charge is 0.222 e. The van der Waals surface area contributed by atoms with E-state index in [9.17, 15) is 9.90 Å². The number of anilines is 1. The minimum absolute atomic E-state index is 0.00524. The van der Waals surface area contributed by atoms with Crippen molar-refractivity contribution in [1.29, 1.82) is 0 Å². The van der Waals surface area contributed by atoms with E-state index < -0.39 is 0 Å². The molecule has 0 atom stereocenters. The van der Waals surface area contributed by atoms with Gasteiger partial charge in [0.2, 0.25) is 5.91 Å². The highest BCUT2D eigenvalue weighted by Gasteiger charge is 2.21. The van der Waals surface area contributed by atoms with Gasteiger partial charge in [-0.3, -0.25) is 4.79 Å². The van der Waals surface area contributed by atoms with Crippen molar-refractivity contribution in [3.63, 3.8) is 0 Å². The molecular weight excluding hydrogens is 466 g/mol. The van der Waals surface area contributed by atoms with Gasteiger partial charge in [0, 0.05) is 36.1 Å². The number of hydrogen-bond donors (Lipinski definition) is 3. The lowest BCUT2D eigenvalue weighted by Gasteiger charge is -2.10. The van der Waals surface area contributed by atoms with E-state index in [2.05, 4.69) is 20.2 Å². The maximum absolute atomic E-state index is 11.3. The number of carbonyl (C=O) groups excluding carboxylic acids is 1. The second kappa shape index (κ2) is 10.1. The van der Waals surface area contributed by atoms with Gasteiger partial charge in [-0.2, -0.15) is 0 Å². The normalized spacial score (nSPS) is 11.8. The number of H-pyrrole nitrogens is 1. The number of fused-ring (bicyclic) bond motifs is 1. The van der Waals surface area contributed by atoms with Gasteiger partial charge >= 0.3 is 0 Å². The third kappa shape index (κ3) is 5.29. The number of benzene rings is 2. The van der Waals surface area contributed by atoms with Gasteiger partial charge in [0.15, 0.2) is 11.6 Å². The van der Waals surface area contributed by atoms with Crippen LogP contribution in [-0.4, -0.2) is 45.7 Å². The Labute approximate surface area is 214 Å². The molecule has 2 aromatic carbocycles. The number of pyridine rings is 1. The Balaban J connectivity index is 1.54. The van der Waals surface area contributed by atoms with E-state index in [0.717, 1.165) is 34.3 Å². The maximum atomic E-state index is 11.3. The van der Waals surface area contributed by atoms with Gasteiger partial charge in [-0.05, 0) is 67.7 Å². The molecule has 0 spiro atoms. The van der Waals surface area contributed by atoms with E-state index in [4.69, 9.17) is 9.41 Å². The maximum Gasteiger partial charge on any atom is 0.222 e. The van der Waals surface area contributed by atoms with E-state index in [1.165, 1.54) is 12.5 Å². The summed E-state index contributed by atoms with van der Waals surface area (Å²) in [4.78, 5) is 25.6. The highest BCUT2D eigenvalue weighted by atomic mass is 16.3. The average molecular weight is 494 g/mol. The highest BCUT2D eigenvalue weighted by Crippen LogP contribution is 2.34. The fraction of sp³-hybridized carbons (Fsp3) is 0.138. The van der Waals surface area contributed by atoms with E-state index in [1.54, 1.807) is 24.6 Å². The van der Waals surface area contributed by atoms with Crippen molar-refractivity contribution in [3.05, 3.63) is 96.1 Å². The Morgan fingerprint density at radius 2 is 1.86 bits per heavy atom. The molecule has 3 aromatic heterocycles. The van der Waals surface area contributed by atoms with Crippen LogP contribution < -0.4 is 5.32 Å². The lowest BCUT2D eigenvalue weighted by atomic mass is 10.0. The molecule has 8 nitrogen and oxygen atoms in total. The van der Waals surface area contributed by atoms with Crippen molar-refractivity contribution >= 4 is 34.0 Å². The molecule has 5 rings (SSSR count). The molecule has 0 aliphatic rings. The van der Waals surface area contributed by atoms with Crippen LogP contribution in [0.5, 0.6) is 5.88 Å². The van der Waals surface area contributed by atoms with E-state index in [1.807, 2.05) is 68.7 Å². The van der Waals surface area contributed by atoms with Crippen LogP contribution in [0, 0.1) is 0 Å². The van der Waals surface area contributed by atoms with Crippen LogP contribution in [0.2, 0.25) is 0 Å². The minimum Gasteiger partial charge on any atom is -0.494 e. The molecule has 3 N–H and O–H groups in total. The van der Waals surface area contributed by atoms with Gasteiger partial charge in [-0.25, -0.2) is 9.98 Å². The number of nitrogens with zero attached hydrogens (tertiary/aromatic N) is 3. The molecule has 0 fully saturated rings. The Morgan fingerprint density at radius 3 is 2.51 bits per heavy atom. The van der Waals surface area contributed by atoms with Crippen LogP contribution in [0.3, 0.4) is 0 Å². The van der Waals surface area contributed by atoms with Gasteiger partial charge < -0.3 is 24.7 Å². The lowest BCUT2D eigenvalue weighted by molar-refractivity contribution is -0.114. The Morgan fingerprint density at radius 1 is 1.08 bits per heavy atom. The topological polar surface area (TPSA) is 107 Å². The van der Waals surface area contributed by atoms with Crippen LogP contribution >= 0.6 is 0 Å². The number of rotatable bonds is 7. The third-order valence-electron chi connectivity index (χ3n) is 5.85. The molecule has 0 aliphatic heterocycles. The summed E-state index contributed by atoms with van der Waals surface area (Å²) in [7, 11) is 4.06. The second-order valence-corrected chi connectivity index (χ2v) is 9.06. The fourth-order valence-electron chi connectivity index (χ4n) is 4.24. The first kappa shape index (κ1) is 24.0. The first-order valence-corrected chi connectivity index (χ1v) is 11.8. The number of aromatic hydroxyl groups is 1. The molecule has 1 amide bonds. The lowest BCUT2D eigenvalue weighted by Crippen LogP contribution is -2.10. The number of aromatic nitrogens is 2. The number of amides is 1. The fourth-order valence-corrected chi connectivity index (χ4v) is 4.24. The number of nitrogens with one attached hydrogen (secondary N) is 2. The summed E-state index contributed by atoms with van der Waals surface area (Å²) in [6.07, 6.45) is 3.29. The monoisotopic (exact) mass is 493 g/mol. The standard InChI is InChI=1S/C29H27N5O3/c1-18(35)31-26-13-9-21(16-30-26)20-8-12-23-24(15-20)33-29(36)27(23)28(25-5-4-14-37-25)32-22-10-6-19(7-11-22)17-34(2)3/h4-16,33,36H,17H2,1-3H3,(H,30,31,35). The second-order valence-electron chi connectivity index (χ2n) is 9.06. The molecule has 5 aromatic rings. The molecule has 0 radical (unpaired) electrons. The van der Waals surface area contributed by atoms with Crippen LogP contribution in [-0.2, 0) is 11.3 Å². The SMILES string of the molecule is CC(=O)Nc1ccc(-c2ccc3c(C(=Nc4ccc(CN(C)C)cc4)c4ccco4)c(O)[nH]c3c2)cn1. The van der Waals surface area contributed by atoms with Crippen LogP contribution in [0.1, 0.15) is 23.8 Å². The Bertz CT molecular complexity index is 1560. The summed E-state index contributed by atoms with van der Waals surface area (Å²) < 4.78 is 5.70. The highest BCUT2D eigenvalue weighted by molar-refractivity contribution is 6.21. The van der Waals surface area contributed by atoms with Crippen molar-refractivity contribution < 1.29 is 14.3 Å². The molecule has 3 heterocycles. The molecule has 0 bridgehead atoms. The van der Waals surface area contributed by atoms with E-state index in [-0.39, 0.29) is 11.8 Å². The largest absolute Gasteiger partial charge is 0.494 e. The van der Waals surface area contributed by atoms with E-state index >= 15 is 0 Å². The zero-order chi connectivity index (χ0) is 25.9. The number of hydrogen-bond acceptors (Lipinski definition) is 6. The zero-order valence-corrected chi connectivity index (χ0v) is 20.8. The molecule has 0 unspecified atom stereocenters. The van der Waals surface area contributed by atoms with Crippen molar-refractivity contribution in [2.45, 2.75) is 13.5 Å². The van der Waals surface area contributed by atoms with Crippen molar-refractivity contribution in [2.75, 3.05) is 19.4 Å². The summed E-state index contributed by atoms with van der Waals surface area (Å²) >= 11 is 0. The van der Waals surface area contributed by atoms with Gasteiger partial charge in [-0.1, -0.05) is 24.3 Å². The van der Waals surface area contributed by atoms with Crippen molar-refractivity contribution in [3.8, 4) is 17.0 Å². The molecular formula is C29H27N5O3.